The van der Waals surface area contributed by atoms with E-state index in [1.54, 1.807) is 10.6 Å². The number of nitrogens with zero attached hydrogens (tertiary/aromatic N) is 2. The van der Waals surface area contributed by atoms with Gasteiger partial charge in [0.2, 0.25) is 5.95 Å². The first-order valence-corrected chi connectivity index (χ1v) is 7.16. The van der Waals surface area contributed by atoms with Crippen LogP contribution in [0.2, 0.25) is 0 Å². The molecule has 0 unspecified atom stereocenters. The molecule has 2 rings (SSSR count). The lowest BCUT2D eigenvalue weighted by molar-refractivity contribution is 0.617. The van der Waals surface area contributed by atoms with Crippen molar-refractivity contribution in [1.82, 2.24) is 9.55 Å². The van der Waals surface area contributed by atoms with Crippen LogP contribution in [0.4, 0.5) is 10.3 Å². The molecule has 0 aliphatic rings. The highest BCUT2D eigenvalue weighted by Gasteiger charge is 2.11. The predicted molar refractivity (Wildman–Crippen MR) is 79.4 cm³/mol. The van der Waals surface area contributed by atoms with E-state index >= 15 is 0 Å². The fourth-order valence-corrected chi connectivity index (χ4v) is 2.19. The number of benzene rings is 1. The first-order chi connectivity index (χ1) is 9.11. The van der Waals surface area contributed by atoms with Crippen LogP contribution in [0.25, 0.3) is 5.69 Å². The molecular formula is C14H17BrFN3. The van der Waals surface area contributed by atoms with Gasteiger partial charge in [0.15, 0.2) is 0 Å². The minimum absolute atomic E-state index is 0.273. The lowest BCUT2D eigenvalue weighted by Crippen LogP contribution is -2.08. The van der Waals surface area contributed by atoms with Crippen LogP contribution in [-0.4, -0.2) is 16.1 Å². The zero-order chi connectivity index (χ0) is 13.8. The lowest BCUT2D eigenvalue weighted by Gasteiger charge is -2.10. The summed E-state index contributed by atoms with van der Waals surface area (Å²) < 4.78 is 16.5. The number of anilines is 1. The van der Waals surface area contributed by atoms with E-state index in [0.29, 0.717) is 11.6 Å². The molecule has 19 heavy (non-hydrogen) atoms. The molecule has 0 atom stereocenters. The highest BCUT2D eigenvalue weighted by molar-refractivity contribution is 9.10. The number of nitrogens with one attached hydrogen (secondary N) is 1. The number of hydrogen-bond donors (Lipinski definition) is 1. The summed E-state index contributed by atoms with van der Waals surface area (Å²) in [4.78, 5) is 4.40. The average Bonchev–Trinajstić information content (AvgIpc) is 2.71. The van der Waals surface area contributed by atoms with E-state index in [-0.39, 0.29) is 5.82 Å². The summed E-state index contributed by atoms with van der Waals surface area (Å²) in [6, 6.07) is 5.02. The summed E-state index contributed by atoms with van der Waals surface area (Å²) in [5.41, 5.74) is 1.36. The van der Waals surface area contributed by atoms with Crippen LogP contribution in [-0.2, 0) is 0 Å². The molecule has 0 aliphatic heterocycles. The van der Waals surface area contributed by atoms with E-state index in [4.69, 9.17) is 0 Å². The number of imidazole rings is 1. The van der Waals surface area contributed by atoms with Crippen molar-refractivity contribution < 1.29 is 4.39 Å². The van der Waals surface area contributed by atoms with Crippen molar-refractivity contribution in [2.45, 2.75) is 26.7 Å². The molecule has 0 radical (unpaired) electrons. The first kappa shape index (κ1) is 14.1. The van der Waals surface area contributed by atoms with Crippen LogP contribution in [0.3, 0.4) is 0 Å². The van der Waals surface area contributed by atoms with Gasteiger partial charge in [0.25, 0.3) is 0 Å². The maximum Gasteiger partial charge on any atom is 0.207 e. The van der Waals surface area contributed by atoms with Gasteiger partial charge in [-0.15, -0.1) is 0 Å². The Bertz CT molecular complexity index is 566. The van der Waals surface area contributed by atoms with Gasteiger partial charge in [-0.1, -0.05) is 29.3 Å². The number of unbranched alkanes of at least 4 members (excludes halogenated alkanes) is 1. The van der Waals surface area contributed by atoms with Gasteiger partial charge in [0.05, 0.1) is 11.4 Å². The summed E-state index contributed by atoms with van der Waals surface area (Å²) in [5, 5.41) is 3.25. The second-order valence-corrected chi connectivity index (χ2v) is 5.37. The molecule has 0 fully saturated rings. The third-order valence-electron chi connectivity index (χ3n) is 2.81. The molecular weight excluding hydrogens is 309 g/mol. The van der Waals surface area contributed by atoms with Gasteiger partial charge < -0.3 is 5.32 Å². The monoisotopic (exact) mass is 325 g/mol. The Morgan fingerprint density at radius 1 is 1.42 bits per heavy atom. The van der Waals surface area contributed by atoms with Crippen molar-refractivity contribution in [3.8, 4) is 5.69 Å². The van der Waals surface area contributed by atoms with Gasteiger partial charge in [-0.25, -0.2) is 9.37 Å². The highest BCUT2D eigenvalue weighted by atomic mass is 79.9. The van der Waals surface area contributed by atoms with Crippen LogP contribution < -0.4 is 5.32 Å². The molecule has 1 aromatic heterocycles. The van der Waals surface area contributed by atoms with Gasteiger partial charge >= 0.3 is 0 Å². The SMILES string of the molecule is CCCCNc1nc(C)cn1-c1ccc(Br)cc1F. The topological polar surface area (TPSA) is 29.9 Å². The minimum Gasteiger partial charge on any atom is -0.355 e. The molecule has 0 bridgehead atoms. The van der Waals surface area contributed by atoms with Crippen LogP contribution in [0.15, 0.2) is 28.9 Å². The normalized spacial score (nSPS) is 10.7. The quantitative estimate of drug-likeness (QED) is 0.831. The average molecular weight is 326 g/mol. The highest BCUT2D eigenvalue weighted by Crippen LogP contribution is 2.22. The molecule has 3 nitrogen and oxygen atoms in total. The van der Waals surface area contributed by atoms with Gasteiger partial charge in [-0.2, -0.15) is 0 Å². The summed E-state index contributed by atoms with van der Waals surface area (Å²) in [5.74, 6) is 0.414. The predicted octanol–water partition coefficient (Wildman–Crippen LogP) is 4.29. The van der Waals surface area contributed by atoms with Crippen molar-refractivity contribution in [2.75, 3.05) is 11.9 Å². The maximum absolute atomic E-state index is 14.0. The lowest BCUT2D eigenvalue weighted by atomic mass is 10.3. The van der Waals surface area contributed by atoms with E-state index in [2.05, 4.69) is 33.2 Å². The largest absolute Gasteiger partial charge is 0.355 e. The number of hydrogen-bond acceptors (Lipinski definition) is 2. The Balaban J connectivity index is 2.32. The molecule has 5 heteroatoms. The number of aryl methyl sites for hydroxylation is 1. The summed E-state index contributed by atoms with van der Waals surface area (Å²) in [6.45, 7) is 4.87. The summed E-state index contributed by atoms with van der Waals surface area (Å²) in [7, 11) is 0. The molecule has 1 heterocycles. The van der Waals surface area contributed by atoms with Crippen molar-refractivity contribution in [2.24, 2.45) is 0 Å². The Labute approximate surface area is 121 Å². The molecule has 1 aromatic carbocycles. The number of rotatable bonds is 5. The first-order valence-electron chi connectivity index (χ1n) is 6.37. The van der Waals surface area contributed by atoms with E-state index in [0.717, 1.165) is 29.6 Å². The second kappa shape index (κ2) is 6.19. The third kappa shape index (κ3) is 3.35. The van der Waals surface area contributed by atoms with Gasteiger partial charge in [-0.3, -0.25) is 4.57 Å². The minimum atomic E-state index is -0.273. The van der Waals surface area contributed by atoms with E-state index in [9.17, 15) is 4.39 Å². The Hall–Kier alpha value is -1.36. The molecule has 0 amide bonds. The fourth-order valence-electron chi connectivity index (χ4n) is 1.86. The van der Waals surface area contributed by atoms with Crippen LogP contribution in [0.5, 0.6) is 0 Å². The van der Waals surface area contributed by atoms with Crippen molar-refractivity contribution in [3.63, 3.8) is 0 Å². The van der Waals surface area contributed by atoms with Crippen LogP contribution in [0.1, 0.15) is 25.5 Å². The Kier molecular flexibility index (Phi) is 4.58. The number of aromatic nitrogens is 2. The van der Waals surface area contributed by atoms with E-state index < -0.39 is 0 Å². The Morgan fingerprint density at radius 3 is 2.89 bits per heavy atom. The second-order valence-electron chi connectivity index (χ2n) is 4.45. The fraction of sp³-hybridized carbons (Fsp3) is 0.357. The molecule has 0 spiro atoms. The smallest absolute Gasteiger partial charge is 0.207 e. The van der Waals surface area contributed by atoms with Gasteiger partial charge in [0, 0.05) is 17.2 Å². The summed E-state index contributed by atoms with van der Waals surface area (Å²) in [6.07, 6.45) is 4.01. The van der Waals surface area contributed by atoms with Crippen LogP contribution in [0, 0.1) is 12.7 Å². The Morgan fingerprint density at radius 2 is 2.21 bits per heavy atom. The van der Waals surface area contributed by atoms with Crippen molar-refractivity contribution >= 4 is 21.9 Å². The third-order valence-corrected chi connectivity index (χ3v) is 3.30. The maximum atomic E-state index is 14.0. The molecule has 102 valence electrons. The molecule has 0 saturated heterocycles. The molecule has 0 aliphatic carbocycles. The molecule has 0 saturated carbocycles. The van der Waals surface area contributed by atoms with Crippen molar-refractivity contribution in [3.05, 3.63) is 40.4 Å². The zero-order valence-corrected chi connectivity index (χ0v) is 12.7. The van der Waals surface area contributed by atoms with Crippen LogP contribution >= 0.6 is 15.9 Å². The molecule has 2 aromatic rings. The van der Waals surface area contributed by atoms with Crippen molar-refractivity contribution in [1.29, 1.82) is 0 Å². The van der Waals surface area contributed by atoms with Gasteiger partial charge in [-0.05, 0) is 31.5 Å². The summed E-state index contributed by atoms with van der Waals surface area (Å²) >= 11 is 3.26. The zero-order valence-electron chi connectivity index (χ0n) is 11.1. The van der Waals surface area contributed by atoms with Gasteiger partial charge in [0.1, 0.15) is 5.82 Å². The number of halogens is 2. The van der Waals surface area contributed by atoms with E-state index in [1.165, 1.54) is 6.07 Å². The molecule has 1 N–H and O–H groups in total. The van der Waals surface area contributed by atoms with E-state index in [1.807, 2.05) is 19.2 Å². The standard InChI is InChI=1S/C14H17BrFN3/c1-3-4-7-17-14-18-10(2)9-19(14)13-6-5-11(15)8-12(13)16/h5-6,8-9H,3-4,7H2,1-2H3,(H,17,18).